The number of aromatic nitrogens is 1. The van der Waals surface area contributed by atoms with Crippen molar-refractivity contribution >= 4 is 29.0 Å². The van der Waals surface area contributed by atoms with E-state index in [1.807, 2.05) is 6.07 Å². The zero-order chi connectivity index (χ0) is 12.7. The monoisotopic (exact) mass is 278 g/mol. The number of nitrogens with zero attached hydrogens (tertiary/aromatic N) is 2. The van der Waals surface area contributed by atoms with Crippen molar-refractivity contribution in [3.05, 3.63) is 10.9 Å². The molecule has 0 aliphatic carbocycles. The van der Waals surface area contributed by atoms with E-state index in [9.17, 15) is 4.79 Å². The normalized spacial score (nSPS) is 10.3. The molecule has 7 heteroatoms. The van der Waals surface area contributed by atoms with Crippen LogP contribution in [0.3, 0.4) is 0 Å². The molecule has 1 aromatic rings. The Morgan fingerprint density at radius 1 is 1.59 bits per heavy atom. The van der Waals surface area contributed by atoms with E-state index in [0.717, 1.165) is 4.88 Å². The van der Waals surface area contributed by atoms with Crippen LogP contribution in [0.15, 0.2) is 6.07 Å². The SMILES string of the molecule is COCCN(Cc1cc(OC)ns1)C(=O)CCl. The van der Waals surface area contributed by atoms with Crippen LogP contribution in [0.4, 0.5) is 0 Å². The number of hydrogen-bond donors (Lipinski definition) is 0. The van der Waals surface area contributed by atoms with Crippen molar-refractivity contribution in [2.24, 2.45) is 0 Å². The van der Waals surface area contributed by atoms with Crippen molar-refractivity contribution in [2.45, 2.75) is 6.54 Å². The maximum Gasteiger partial charge on any atom is 0.237 e. The predicted octanol–water partition coefficient (Wildman–Crippen LogP) is 1.37. The van der Waals surface area contributed by atoms with E-state index >= 15 is 0 Å². The van der Waals surface area contributed by atoms with Gasteiger partial charge in [0.1, 0.15) is 5.88 Å². The molecule has 0 spiro atoms. The fourth-order valence-corrected chi connectivity index (χ4v) is 2.10. The molecule has 0 aromatic carbocycles. The van der Waals surface area contributed by atoms with E-state index in [-0.39, 0.29) is 11.8 Å². The molecule has 0 atom stereocenters. The number of halogens is 1. The first-order valence-corrected chi connectivity index (χ1v) is 6.34. The highest BCUT2D eigenvalue weighted by atomic mass is 35.5. The molecule has 0 bridgehead atoms. The van der Waals surface area contributed by atoms with Gasteiger partial charge in [0.05, 0.1) is 20.3 Å². The van der Waals surface area contributed by atoms with Gasteiger partial charge in [0, 0.05) is 24.6 Å². The fourth-order valence-electron chi connectivity index (χ4n) is 1.23. The predicted molar refractivity (Wildman–Crippen MR) is 66.7 cm³/mol. The summed E-state index contributed by atoms with van der Waals surface area (Å²) in [5.74, 6) is 0.422. The lowest BCUT2D eigenvalue weighted by atomic mass is 10.4. The highest BCUT2D eigenvalue weighted by Gasteiger charge is 2.14. The molecule has 96 valence electrons. The number of carbonyl (C=O) groups excluding carboxylic acids is 1. The molecule has 0 aliphatic rings. The molecule has 1 aromatic heterocycles. The molecule has 5 nitrogen and oxygen atoms in total. The quantitative estimate of drug-likeness (QED) is 0.707. The molecule has 0 unspecified atom stereocenters. The first kappa shape index (κ1) is 14.2. The maximum atomic E-state index is 11.6. The molecule has 0 fully saturated rings. The Hall–Kier alpha value is -0.850. The van der Waals surface area contributed by atoms with Gasteiger partial charge in [-0.15, -0.1) is 11.6 Å². The summed E-state index contributed by atoms with van der Waals surface area (Å²) in [4.78, 5) is 14.2. The van der Waals surface area contributed by atoms with E-state index in [0.29, 0.717) is 25.6 Å². The number of carbonyl (C=O) groups is 1. The van der Waals surface area contributed by atoms with Crippen LogP contribution in [0, 0.1) is 0 Å². The molecule has 1 rings (SSSR count). The number of rotatable bonds is 7. The maximum absolute atomic E-state index is 11.6. The Bertz CT molecular complexity index is 359. The van der Waals surface area contributed by atoms with Crippen molar-refractivity contribution in [2.75, 3.05) is 33.3 Å². The topological polar surface area (TPSA) is 51.7 Å². The minimum atomic E-state index is -0.115. The second-order valence-corrected chi connectivity index (χ2v) is 4.43. The van der Waals surface area contributed by atoms with Crippen LogP contribution in [-0.2, 0) is 16.1 Å². The first-order chi connectivity index (χ1) is 8.21. The second kappa shape index (κ2) is 7.47. The largest absolute Gasteiger partial charge is 0.480 e. The molecule has 17 heavy (non-hydrogen) atoms. The van der Waals surface area contributed by atoms with Gasteiger partial charge in [-0.2, -0.15) is 4.37 Å². The number of amides is 1. The summed E-state index contributed by atoms with van der Waals surface area (Å²) < 4.78 is 14.0. The lowest BCUT2D eigenvalue weighted by molar-refractivity contribution is -0.129. The van der Waals surface area contributed by atoms with Gasteiger partial charge in [-0.25, -0.2) is 0 Å². The van der Waals surface area contributed by atoms with Gasteiger partial charge in [-0.3, -0.25) is 4.79 Å². The standard InChI is InChI=1S/C10H15ClN2O3S/c1-15-4-3-13(10(14)6-11)7-8-5-9(16-2)12-17-8/h5H,3-4,6-7H2,1-2H3. The van der Waals surface area contributed by atoms with Gasteiger partial charge in [0.2, 0.25) is 11.8 Å². The minimum Gasteiger partial charge on any atom is -0.480 e. The van der Waals surface area contributed by atoms with E-state index in [1.165, 1.54) is 11.5 Å². The molecule has 0 radical (unpaired) electrons. The van der Waals surface area contributed by atoms with Gasteiger partial charge in [-0.1, -0.05) is 0 Å². The fraction of sp³-hybridized carbons (Fsp3) is 0.600. The Kier molecular flexibility index (Phi) is 6.25. The smallest absolute Gasteiger partial charge is 0.237 e. The molecular weight excluding hydrogens is 264 g/mol. The number of hydrogen-bond acceptors (Lipinski definition) is 5. The van der Waals surface area contributed by atoms with Gasteiger partial charge >= 0.3 is 0 Å². The molecule has 1 heterocycles. The molecular formula is C10H15ClN2O3S. The minimum absolute atomic E-state index is 0.0281. The molecule has 0 aliphatic heterocycles. The summed E-state index contributed by atoms with van der Waals surface area (Å²) in [6.07, 6.45) is 0. The highest BCUT2D eigenvalue weighted by molar-refractivity contribution is 7.05. The van der Waals surface area contributed by atoms with E-state index in [2.05, 4.69) is 4.37 Å². The Morgan fingerprint density at radius 3 is 2.88 bits per heavy atom. The van der Waals surface area contributed by atoms with Crippen LogP contribution in [0.1, 0.15) is 4.88 Å². The average Bonchev–Trinajstić information content (AvgIpc) is 2.81. The van der Waals surface area contributed by atoms with E-state index in [4.69, 9.17) is 21.1 Å². The van der Waals surface area contributed by atoms with Crippen LogP contribution < -0.4 is 4.74 Å². The Morgan fingerprint density at radius 2 is 2.35 bits per heavy atom. The summed E-state index contributed by atoms with van der Waals surface area (Å²) >= 11 is 6.87. The average molecular weight is 279 g/mol. The third-order valence-corrected chi connectivity index (χ3v) is 3.11. The molecule has 1 amide bonds. The zero-order valence-electron chi connectivity index (χ0n) is 9.81. The Labute approximate surface area is 109 Å². The second-order valence-electron chi connectivity index (χ2n) is 3.28. The van der Waals surface area contributed by atoms with E-state index < -0.39 is 0 Å². The van der Waals surface area contributed by atoms with Crippen LogP contribution in [-0.4, -0.2) is 48.4 Å². The molecule has 0 N–H and O–H groups in total. The lowest BCUT2D eigenvalue weighted by Crippen LogP contribution is -2.34. The number of alkyl halides is 1. The zero-order valence-corrected chi connectivity index (χ0v) is 11.4. The summed E-state index contributed by atoms with van der Waals surface area (Å²) in [7, 11) is 3.16. The van der Waals surface area contributed by atoms with Crippen molar-refractivity contribution in [1.82, 2.24) is 9.27 Å². The summed E-state index contributed by atoms with van der Waals surface area (Å²) in [5, 5.41) is 0. The van der Waals surface area contributed by atoms with Crippen molar-refractivity contribution in [1.29, 1.82) is 0 Å². The third-order valence-electron chi connectivity index (χ3n) is 2.13. The van der Waals surface area contributed by atoms with Gasteiger partial charge < -0.3 is 14.4 Å². The number of ether oxygens (including phenoxy) is 2. The first-order valence-electron chi connectivity index (χ1n) is 5.03. The summed E-state index contributed by atoms with van der Waals surface area (Å²) in [5.41, 5.74) is 0. The highest BCUT2D eigenvalue weighted by Crippen LogP contribution is 2.18. The summed E-state index contributed by atoms with van der Waals surface area (Å²) in [6, 6.07) is 1.81. The van der Waals surface area contributed by atoms with Crippen molar-refractivity contribution in [3.8, 4) is 5.88 Å². The van der Waals surface area contributed by atoms with Crippen LogP contribution in [0.2, 0.25) is 0 Å². The number of methoxy groups -OCH3 is 2. The van der Waals surface area contributed by atoms with Gasteiger partial charge in [0.15, 0.2) is 0 Å². The van der Waals surface area contributed by atoms with Crippen LogP contribution in [0.25, 0.3) is 0 Å². The van der Waals surface area contributed by atoms with Crippen LogP contribution in [0.5, 0.6) is 5.88 Å². The van der Waals surface area contributed by atoms with Crippen molar-refractivity contribution < 1.29 is 14.3 Å². The molecule has 0 saturated heterocycles. The molecule has 0 saturated carbocycles. The van der Waals surface area contributed by atoms with Gasteiger partial charge in [0.25, 0.3) is 0 Å². The van der Waals surface area contributed by atoms with Gasteiger partial charge in [-0.05, 0) is 11.5 Å². The van der Waals surface area contributed by atoms with Crippen molar-refractivity contribution in [3.63, 3.8) is 0 Å². The Balaban J connectivity index is 2.61. The lowest BCUT2D eigenvalue weighted by Gasteiger charge is -2.20. The van der Waals surface area contributed by atoms with Crippen LogP contribution >= 0.6 is 23.1 Å². The third kappa shape index (κ3) is 4.49. The summed E-state index contributed by atoms with van der Waals surface area (Å²) in [6.45, 7) is 1.48. The van der Waals surface area contributed by atoms with E-state index in [1.54, 1.807) is 19.1 Å².